The molecule has 0 spiro atoms. The Morgan fingerprint density at radius 1 is 0.778 bits per heavy atom. The molecule has 1 atom stereocenters. The second-order valence-corrected chi connectivity index (χ2v) is 6.94. The number of nitrogens with zero attached hydrogens (tertiary/aromatic N) is 2. The Morgan fingerprint density at radius 2 is 1.41 bits per heavy atom. The van der Waals surface area contributed by atoms with Crippen molar-refractivity contribution in [1.82, 2.24) is 10.2 Å². The Bertz CT molecular complexity index is 1020. The Hall–Kier alpha value is -3.24. The molecule has 3 aromatic carbocycles. The fourth-order valence-corrected chi connectivity index (χ4v) is 3.13. The van der Waals surface area contributed by atoms with Gasteiger partial charge in [0.25, 0.3) is 0 Å². The maximum absolute atomic E-state index is 6.49. The molecule has 0 unspecified atom stereocenters. The van der Waals surface area contributed by atoms with E-state index in [1.165, 1.54) is 0 Å². The van der Waals surface area contributed by atoms with E-state index in [4.69, 9.17) is 10.2 Å². The predicted molar refractivity (Wildman–Crippen MR) is 107 cm³/mol. The number of hydrogen-bond acceptors (Lipinski definition) is 4. The number of aromatic nitrogens is 2. The average molecular weight is 355 g/mol. The van der Waals surface area contributed by atoms with Gasteiger partial charge in [-0.1, -0.05) is 72.8 Å². The van der Waals surface area contributed by atoms with E-state index in [1.807, 2.05) is 67.6 Å². The summed E-state index contributed by atoms with van der Waals surface area (Å²) >= 11 is 0. The Morgan fingerprint density at radius 3 is 2.15 bits per heavy atom. The molecule has 1 heterocycles. The molecule has 0 bridgehead atoms. The van der Waals surface area contributed by atoms with Crippen molar-refractivity contribution in [3.05, 3.63) is 96.4 Å². The molecule has 27 heavy (non-hydrogen) atoms. The fraction of sp³-hybridized carbons (Fsp3) is 0.130. The molecule has 0 aliphatic heterocycles. The SMILES string of the molecule is C[C@@](N)(Cc1ccccc1)c1nnc(-c2cccc(-c3ccccc3)c2)o1. The van der Waals surface area contributed by atoms with Gasteiger partial charge in [-0.3, -0.25) is 0 Å². The van der Waals surface area contributed by atoms with Gasteiger partial charge in [-0.2, -0.15) is 0 Å². The molecule has 0 radical (unpaired) electrons. The second kappa shape index (κ2) is 7.17. The van der Waals surface area contributed by atoms with Crippen LogP contribution in [0.3, 0.4) is 0 Å². The van der Waals surface area contributed by atoms with Gasteiger partial charge in [0, 0.05) is 5.56 Å². The molecule has 2 N–H and O–H groups in total. The summed E-state index contributed by atoms with van der Waals surface area (Å²) in [7, 11) is 0. The lowest BCUT2D eigenvalue weighted by Gasteiger charge is -2.20. The molecule has 0 aliphatic carbocycles. The molecule has 4 rings (SSSR count). The lowest BCUT2D eigenvalue weighted by molar-refractivity contribution is 0.355. The molecular formula is C23H21N3O. The summed E-state index contributed by atoms with van der Waals surface area (Å²) in [6, 6.07) is 28.4. The van der Waals surface area contributed by atoms with E-state index in [0.717, 1.165) is 22.3 Å². The van der Waals surface area contributed by atoms with Crippen molar-refractivity contribution in [2.24, 2.45) is 5.73 Å². The van der Waals surface area contributed by atoms with Crippen LogP contribution < -0.4 is 5.73 Å². The zero-order valence-corrected chi connectivity index (χ0v) is 15.2. The number of benzene rings is 3. The summed E-state index contributed by atoms with van der Waals surface area (Å²) < 4.78 is 5.95. The van der Waals surface area contributed by atoms with Crippen LogP contribution in [-0.2, 0) is 12.0 Å². The largest absolute Gasteiger partial charge is 0.419 e. The minimum Gasteiger partial charge on any atom is -0.419 e. The fourth-order valence-electron chi connectivity index (χ4n) is 3.13. The van der Waals surface area contributed by atoms with Gasteiger partial charge >= 0.3 is 0 Å². The van der Waals surface area contributed by atoms with Crippen LogP contribution in [0.25, 0.3) is 22.6 Å². The quantitative estimate of drug-likeness (QED) is 0.557. The van der Waals surface area contributed by atoms with Gasteiger partial charge in [0.15, 0.2) is 0 Å². The highest BCUT2D eigenvalue weighted by Gasteiger charge is 2.28. The van der Waals surface area contributed by atoms with E-state index < -0.39 is 5.54 Å². The van der Waals surface area contributed by atoms with Crippen LogP contribution in [0, 0.1) is 0 Å². The van der Waals surface area contributed by atoms with Crippen molar-refractivity contribution in [3.63, 3.8) is 0 Å². The second-order valence-electron chi connectivity index (χ2n) is 6.94. The monoisotopic (exact) mass is 355 g/mol. The van der Waals surface area contributed by atoms with Gasteiger partial charge < -0.3 is 10.2 Å². The third-order valence-electron chi connectivity index (χ3n) is 4.54. The first-order valence-electron chi connectivity index (χ1n) is 8.94. The Balaban J connectivity index is 1.61. The van der Waals surface area contributed by atoms with E-state index in [1.54, 1.807) is 0 Å². The first kappa shape index (κ1) is 17.2. The van der Waals surface area contributed by atoms with Gasteiger partial charge in [-0.15, -0.1) is 10.2 Å². The summed E-state index contributed by atoms with van der Waals surface area (Å²) in [5.41, 5.74) is 10.0. The number of hydrogen-bond donors (Lipinski definition) is 1. The smallest absolute Gasteiger partial charge is 0.247 e. The highest BCUT2D eigenvalue weighted by atomic mass is 16.4. The minimum absolute atomic E-state index is 0.437. The van der Waals surface area contributed by atoms with Crippen molar-refractivity contribution in [3.8, 4) is 22.6 Å². The molecule has 4 aromatic rings. The van der Waals surface area contributed by atoms with Gasteiger partial charge in [0.1, 0.15) is 0 Å². The first-order chi connectivity index (χ1) is 13.1. The molecule has 0 saturated heterocycles. The van der Waals surface area contributed by atoms with Crippen LogP contribution >= 0.6 is 0 Å². The van der Waals surface area contributed by atoms with E-state index in [9.17, 15) is 0 Å². The normalized spacial score (nSPS) is 13.3. The molecular weight excluding hydrogens is 334 g/mol. The first-order valence-corrected chi connectivity index (χ1v) is 8.94. The van der Waals surface area contributed by atoms with Gasteiger partial charge in [-0.25, -0.2) is 0 Å². The zero-order chi connectivity index (χ0) is 18.7. The summed E-state index contributed by atoms with van der Waals surface area (Å²) in [4.78, 5) is 0. The minimum atomic E-state index is -0.732. The summed E-state index contributed by atoms with van der Waals surface area (Å²) in [6.45, 7) is 1.91. The highest BCUT2D eigenvalue weighted by molar-refractivity contribution is 5.69. The van der Waals surface area contributed by atoms with E-state index >= 15 is 0 Å². The van der Waals surface area contributed by atoms with Crippen LogP contribution in [0.5, 0.6) is 0 Å². The predicted octanol–water partition coefficient (Wildman–Crippen LogP) is 4.82. The molecule has 0 saturated carbocycles. The van der Waals surface area contributed by atoms with Crippen LogP contribution in [0.1, 0.15) is 18.4 Å². The number of rotatable bonds is 5. The molecule has 134 valence electrons. The summed E-state index contributed by atoms with van der Waals surface area (Å²) in [5.74, 6) is 0.916. The topological polar surface area (TPSA) is 64.9 Å². The van der Waals surface area contributed by atoms with Crippen LogP contribution in [-0.4, -0.2) is 10.2 Å². The Kier molecular flexibility index (Phi) is 4.57. The standard InChI is InChI=1S/C23H21N3O/c1-23(24,16-17-9-4-2-5-10-17)22-26-25-21(27-22)20-14-8-13-19(15-20)18-11-6-3-7-12-18/h2-15H,16,24H2,1H3/t23-/m1/s1. The summed E-state index contributed by atoms with van der Waals surface area (Å²) in [5, 5.41) is 8.45. The van der Waals surface area contributed by atoms with Crippen LogP contribution in [0.15, 0.2) is 89.3 Å². The zero-order valence-electron chi connectivity index (χ0n) is 15.2. The van der Waals surface area contributed by atoms with Crippen molar-refractivity contribution in [2.75, 3.05) is 0 Å². The lowest BCUT2D eigenvalue weighted by atomic mass is 9.94. The maximum atomic E-state index is 6.49. The summed E-state index contributed by atoms with van der Waals surface area (Å²) in [6.07, 6.45) is 0.625. The van der Waals surface area contributed by atoms with Crippen LogP contribution in [0.2, 0.25) is 0 Å². The van der Waals surface area contributed by atoms with Crippen molar-refractivity contribution < 1.29 is 4.42 Å². The molecule has 0 fully saturated rings. The van der Waals surface area contributed by atoms with E-state index in [0.29, 0.717) is 18.2 Å². The molecule has 1 aromatic heterocycles. The average Bonchev–Trinajstić information content (AvgIpc) is 3.21. The third kappa shape index (κ3) is 3.81. The van der Waals surface area contributed by atoms with Gasteiger partial charge in [-0.05, 0) is 42.2 Å². The molecule has 0 aliphatic rings. The van der Waals surface area contributed by atoms with E-state index in [-0.39, 0.29) is 0 Å². The molecule has 4 nitrogen and oxygen atoms in total. The molecule has 4 heteroatoms. The highest BCUT2D eigenvalue weighted by Crippen LogP contribution is 2.28. The van der Waals surface area contributed by atoms with Gasteiger partial charge in [0.2, 0.25) is 11.8 Å². The number of nitrogens with two attached hydrogens (primary N) is 1. The third-order valence-corrected chi connectivity index (χ3v) is 4.54. The Labute approximate surface area is 158 Å². The van der Waals surface area contributed by atoms with E-state index in [2.05, 4.69) is 34.5 Å². The lowest BCUT2D eigenvalue weighted by Crippen LogP contribution is -2.35. The van der Waals surface area contributed by atoms with Crippen molar-refractivity contribution >= 4 is 0 Å². The van der Waals surface area contributed by atoms with Gasteiger partial charge in [0.05, 0.1) is 5.54 Å². The van der Waals surface area contributed by atoms with Crippen molar-refractivity contribution in [1.29, 1.82) is 0 Å². The molecule has 0 amide bonds. The van der Waals surface area contributed by atoms with Crippen LogP contribution in [0.4, 0.5) is 0 Å². The maximum Gasteiger partial charge on any atom is 0.247 e. The van der Waals surface area contributed by atoms with Crippen molar-refractivity contribution in [2.45, 2.75) is 18.9 Å².